The molecule has 1 aliphatic rings. The van der Waals surface area contributed by atoms with Gasteiger partial charge in [0.2, 0.25) is 0 Å². The fraction of sp³-hybridized carbons (Fsp3) is 0.667. The van der Waals surface area contributed by atoms with E-state index in [2.05, 4.69) is 10.4 Å². The van der Waals surface area contributed by atoms with Gasteiger partial charge in [0.15, 0.2) is 0 Å². The first-order valence-electron chi connectivity index (χ1n) is 4.69. The molecule has 2 rings (SSSR count). The molecule has 0 amide bonds. The highest BCUT2D eigenvalue weighted by molar-refractivity contribution is 5.04. The Morgan fingerprint density at radius 1 is 1.62 bits per heavy atom. The Morgan fingerprint density at radius 3 is 3.15 bits per heavy atom. The Labute approximate surface area is 76.9 Å². The maximum atomic E-state index is 11.9. The molecule has 0 saturated heterocycles. The number of hydrogen-bond acceptors (Lipinski definition) is 2. The number of hydrogen-bond donors (Lipinski definition) is 1. The van der Waals surface area contributed by atoms with E-state index >= 15 is 0 Å². The van der Waals surface area contributed by atoms with E-state index in [-0.39, 0.29) is 6.67 Å². The molecule has 1 aliphatic carbocycles. The molecule has 0 radical (unpaired) electrons. The van der Waals surface area contributed by atoms with E-state index in [4.69, 9.17) is 0 Å². The van der Waals surface area contributed by atoms with Crippen LogP contribution < -0.4 is 5.32 Å². The van der Waals surface area contributed by atoms with Crippen molar-refractivity contribution < 1.29 is 4.39 Å². The molecular weight excluding hydrogens is 169 g/mol. The predicted molar refractivity (Wildman–Crippen MR) is 48.1 cm³/mol. The Balaban J connectivity index is 1.81. The zero-order chi connectivity index (χ0) is 9.10. The first-order chi connectivity index (χ1) is 6.38. The molecule has 1 N–H and O–H groups in total. The molecule has 1 aromatic rings. The lowest BCUT2D eigenvalue weighted by atomic mass is 10.3. The zero-order valence-electron chi connectivity index (χ0n) is 7.54. The maximum Gasteiger partial charge on any atom is 0.109 e. The summed E-state index contributed by atoms with van der Waals surface area (Å²) in [6.07, 6.45) is 6.28. The molecule has 1 fully saturated rings. The van der Waals surface area contributed by atoms with Crippen LogP contribution in [0.5, 0.6) is 0 Å². The molecule has 0 bridgehead atoms. The molecule has 0 aromatic carbocycles. The number of halogens is 1. The quantitative estimate of drug-likeness (QED) is 0.741. The van der Waals surface area contributed by atoms with Crippen molar-refractivity contribution in [2.75, 3.05) is 6.67 Å². The van der Waals surface area contributed by atoms with Crippen LogP contribution in [-0.4, -0.2) is 22.5 Å². The summed E-state index contributed by atoms with van der Waals surface area (Å²) in [5.74, 6) is 0. The van der Waals surface area contributed by atoms with Crippen LogP contribution in [0.3, 0.4) is 0 Å². The average molecular weight is 183 g/mol. The van der Waals surface area contributed by atoms with Crippen LogP contribution in [0.15, 0.2) is 12.4 Å². The fourth-order valence-electron chi connectivity index (χ4n) is 1.26. The van der Waals surface area contributed by atoms with Crippen LogP contribution in [0.1, 0.15) is 18.4 Å². The van der Waals surface area contributed by atoms with Gasteiger partial charge in [0.05, 0.1) is 12.7 Å². The van der Waals surface area contributed by atoms with E-state index in [1.54, 1.807) is 10.9 Å². The third-order valence-electron chi connectivity index (χ3n) is 2.17. The van der Waals surface area contributed by atoms with E-state index in [0.717, 1.165) is 12.1 Å². The molecular formula is C9H14FN3. The summed E-state index contributed by atoms with van der Waals surface area (Å²) in [5.41, 5.74) is 1.14. The number of rotatable bonds is 5. The number of aryl methyl sites for hydroxylation is 1. The minimum Gasteiger partial charge on any atom is -0.310 e. The van der Waals surface area contributed by atoms with Crippen LogP contribution in [0.2, 0.25) is 0 Å². The molecule has 13 heavy (non-hydrogen) atoms. The van der Waals surface area contributed by atoms with Crippen molar-refractivity contribution in [1.29, 1.82) is 0 Å². The van der Waals surface area contributed by atoms with Crippen molar-refractivity contribution in [3.05, 3.63) is 18.0 Å². The summed E-state index contributed by atoms with van der Waals surface area (Å²) in [5, 5.41) is 7.42. The average Bonchev–Trinajstić information content (AvgIpc) is 2.85. The molecule has 0 spiro atoms. The highest BCUT2D eigenvalue weighted by atomic mass is 19.1. The molecule has 1 aromatic heterocycles. The SMILES string of the molecule is FCCn1cc(CNC2CC2)cn1. The van der Waals surface area contributed by atoms with Crippen molar-refractivity contribution >= 4 is 0 Å². The van der Waals surface area contributed by atoms with Crippen molar-refractivity contribution in [2.24, 2.45) is 0 Å². The van der Waals surface area contributed by atoms with Crippen LogP contribution >= 0.6 is 0 Å². The molecule has 0 unspecified atom stereocenters. The minimum atomic E-state index is -0.350. The van der Waals surface area contributed by atoms with Gasteiger partial charge in [0.25, 0.3) is 0 Å². The van der Waals surface area contributed by atoms with Crippen LogP contribution in [0.4, 0.5) is 4.39 Å². The van der Waals surface area contributed by atoms with Gasteiger partial charge in [0, 0.05) is 24.3 Å². The van der Waals surface area contributed by atoms with Gasteiger partial charge >= 0.3 is 0 Å². The predicted octanol–water partition coefficient (Wildman–Crippen LogP) is 1.10. The van der Waals surface area contributed by atoms with Crippen molar-refractivity contribution in [1.82, 2.24) is 15.1 Å². The van der Waals surface area contributed by atoms with E-state index < -0.39 is 0 Å². The molecule has 72 valence electrons. The fourth-order valence-corrected chi connectivity index (χ4v) is 1.26. The standard InChI is InChI=1S/C9H14FN3/c10-3-4-13-7-8(6-12-13)5-11-9-1-2-9/h6-7,9,11H,1-5H2. The Kier molecular flexibility index (Phi) is 2.59. The summed E-state index contributed by atoms with van der Waals surface area (Å²) in [4.78, 5) is 0. The second kappa shape index (κ2) is 3.87. The lowest BCUT2D eigenvalue weighted by Gasteiger charge is -1.97. The highest BCUT2D eigenvalue weighted by Crippen LogP contribution is 2.19. The number of aromatic nitrogens is 2. The lowest BCUT2D eigenvalue weighted by molar-refractivity contribution is 0.427. The molecule has 1 saturated carbocycles. The van der Waals surface area contributed by atoms with Gasteiger partial charge < -0.3 is 5.32 Å². The molecule has 4 heteroatoms. The normalized spacial score (nSPS) is 16.4. The van der Waals surface area contributed by atoms with Crippen LogP contribution in [-0.2, 0) is 13.1 Å². The summed E-state index contributed by atoms with van der Waals surface area (Å²) in [6, 6.07) is 0.713. The Morgan fingerprint density at radius 2 is 2.46 bits per heavy atom. The summed E-state index contributed by atoms with van der Waals surface area (Å²) in [7, 11) is 0. The first kappa shape index (κ1) is 8.69. The first-order valence-corrected chi connectivity index (χ1v) is 4.69. The molecule has 0 aliphatic heterocycles. The summed E-state index contributed by atoms with van der Waals surface area (Å²) in [6.45, 7) is 0.873. The minimum absolute atomic E-state index is 0.350. The van der Waals surface area contributed by atoms with E-state index in [1.807, 2.05) is 6.20 Å². The van der Waals surface area contributed by atoms with Gasteiger partial charge in [-0.3, -0.25) is 4.68 Å². The highest BCUT2D eigenvalue weighted by Gasteiger charge is 2.19. The van der Waals surface area contributed by atoms with Gasteiger partial charge in [0.1, 0.15) is 6.67 Å². The van der Waals surface area contributed by atoms with Gasteiger partial charge in [-0.25, -0.2) is 4.39 Å². The van der Waals surface area contributed by atoms with Gasteiger partial charge in [-0.2, -0.15) is 5.10 Å². The largest absolute Gasteiger partial charge is 0.310 e. The molecule has 0 atom stereocenters. The van der Waals surface area contributed by atoms with Crippen molar-refractivity contribution in [2.45, 2.75) is 32.0 Å². The van der Waals surface area contributed by atoms with Gasteiger partial charge in [-0.05, 0) is 12.8 Å². The van der Waals surface area contributed by atoms with E-state index in [0.29, 0.717) is 12.6 Å². The molecule has 1 heterocycles. The smallest absolute Gasteiger partial charge is 0.109 e. The van der Waals surface area contributed by atoms with Crippen LogP contribution in [0, 0.1) is 0 Å². The summed E-state index contributed by atoms with van der Waals surface area (Å²) < 4.78 is 13.6. The van der Waals surface area contributed by atoms with Crippen LogP contribution in [0.25, 0.3) is 0 Å². The van der Waals surface area contributed by atoms with Crippen molar-refractivity contribution in [3.8, 4) is 0 Å². The lowest BCUT2D eigenvalue weighted by Crippen LogP contribution is -2.14. The maximum absolute atomic E-state index is 11.9. The van der Waals surface area contributed by atoms with Gasteiger partial charge in [-0.15, -0.1) is 0 Å². The third kappa shape index (κ3) is 2.52. The number of nitrogens with zero attached hydrogens (tertiary/aromatic N) is 2. The van der Waals surface area contributed by atoms with E-state index in [9.17, 15) is 4.39 Å². The van der Waals surface area contributed by atoms with Crippen molar-refractivity contribution in [3.63, 3.8) is 0 Å². The summed E-state index contributed by atoms with van der Waals surface area (Å²) >= 11 is 0. The third-order valence-corrected chi connectivity index (χ3v) is 2.17. The number of nitrogens with one attached hydrogen (secondary N) is 1. The van der Waals surface area contributed by atoms with E-state index in [1.165, 1.54) is 12.8 Å². The molecule has 3 nitrogen and oxygen atoms in total. The van der Waals surface area contributed by atoms with Gasteiger partial charge in [-0.1, -0.05) is 0 Å². The Hall–Kier alpha value is -0.900. The Bertz CT molecular complexity index is 268. The monoisotopic (exact) mass is 183 g/mol. The number of alkyl halides is 1. The second-order valence-corrected chi connectivity index (χ2v) is 3.46. The zero-order valence-corrected chi connectivity index (χ0v) is 7.54. The topological polar surface area (TPSA) is 29.9 Å². The second-order valence-electron chi connectivity index (χ2n) is 3.46.